The molecule has 1 aromatic carbocycles. The number of nitrogens with one attached hydrogen (secondary N) is 1. The Bertz CT molecular complexity index is 1010. The third kappa shape index (κ3) is 3.16. The van der Waals surface area contributed by atoms with Crippen LogP contribution in [0.2, 0.25) is 5.02 Å². The highest BCUT2D eigenvalue weighted by Gasteiger charge is 2.26. The Balaban J connectivity index is 1.62. The molecule has 3 aromatic rings. The smallest absolute Gasteiger partial charge is 0.274 e. The summed E-state index contributed by atoms with van der Waals surface area (Å²) in [4.78, 5) is 20.6. The first-order valence-electron chi connectivity index (χ1n) is 7.67. The highest BCUT2D eigenvalue weighted by Crippen LogP contribution is 2.42. The molecule has 1 amide bonds. The zero-order valence-electron chi connectivity index (χ0n) is 13.2. The number of carbonyl (C=O) groups excluding carboxylic acids is 1. The molecule has 8 heteroatoms. The van der Waals surface area contributed by atoms with Crippen LogP contribution in [0.4, 0.5) is 5.69 Å². The molecule has 0 fully saturated rings. The second-order valence-electron chi connectivity index (χ2n) is 5.70. The van der Waals surface area contributed by atoms with Crippen LogP contribution in [0.15, 0.2) is 53.3 Å². The van der Waals surface area contributed by atoms with Crippen LogP contribution in [-0.2, 0) is 0 Å². The number of hydrogen-bond acceptors (Lipinski definition) is 5. The van der Waals surface area contributed by atoms with E-state index in [0.29, 0.717) is 22.3 Å². The van der Waals surface area contributed by atoms with Gasteiger partial charge in [0, 0.05) is 33.7 Å². The van der Waals surface area contributed by atoms with Crippen LogP contribution >= 0.6 is 27.5 Å². The number of carbonyl (C=O) groups is 1. The zero-order chi connectivity index (χ0) is 18.3. The largest absolute Gasteiger partial charge is 0.438 e. The Hall–Kier alpha value is -2.48. The number of aromatic nitrogens is 2. The van der Waals surface area contributed by atoms with Gasteiger partial charge in [-0.1, -0.05) is 11.6 Å². The molecule has 0 radical (unpaired) electrons. The van der Waals surface area contributed by atoms with Crippen LogP contribution in [-0.4, -0.2) is 15.9 Å². The number of amides is 1. The number of anilines is 1. The minimum Gasteiger partial charge on any atom is -0.438 e. The predicted molar refractivity (Wildman–Crippen MR) is 102 cm³/mol. The van der Waals surface area contributed by atoms with Crippen molar-refractivity contribution in [1.82, 2.24) is 9.97 Å². The van der Waals surface area contributed by atoms with Crippen LogP contribution < -0.4 is 15.8 Å². The van der Waals surface area contributed by atoms with E-state index in [9.17, 15) is 4.79 Å². The molecule has 1 atom stereocenters. The Morgan fingerprint density at radius 1 is 1.15 bits per heavy atom. The van der Waals surface area contributed by atoms with Gasteiger partial charge in [-0.05, 0) is 52.3 Å². The van der Waals surface area contributed by atoms with Crippen molar-refractivity contribution in [2.24, 2.45) is 5.73 Å². The van der Waals surface area contributed by atoms with E-state index < -0.39 is 6.04 Å². The molecule has 2 aromatic heterocycles. The van der Waals surface area contributed by atoms with Gasteiger partial charge in [-0.2, -0.15) is 0 Å². The van der Waals surface area contributed by atoms with E-state index in [4.69, 9.17) is 22.1 Å². The van der Waals surface area contributed by atoms with Crippen molar-refractivity contribution >= 4 is 39.1 Å². The number of benzene rings is 1. The molecule has 26 heavy (non-hydrogen) atoms. The predicted octanol–water partition coefficient (Wildman–Crippen LogP) is 4.30. The van der Waals surface area contributed by atoms with Gasteiger partial charge in [0.15, 0.2) is 0 Å². The quantitative estimate of drug-likeness (QED) is 0.631. The van der Waals surface area contributed by atoms with Gasteiger partial charge in [-0.3, -0.25) is 4.79 Å². The summed E-state index contributed by atoms with van der Waals surface area (Å²) < 4.78 is 6.63. The molecule has 0 spiro atoms. The van der Waals surface area contributed by atoms with Crippen LogP contribution in [0, 0.1) is 0 Å². The minimum absolute atomic E-state index is 0.270. The van der Waals surface area contributed by atoms with Gasteiger partial charge in [0.25, 0.3) is 5.91 Å². The van der Waals surface area contributed by atoms with Crippen molar-refractivity contribution in [3.63, 3.8) is 0 Å². The van der Waals surface area contributed by atoms with Gasteiger partial charge in [0.2, 0.25) is 5.88 Å². The maximum absolute atomic E-state index is 12.3. The molecule has 3 N–H and O–H groups in total. The number of pyridine rings is 2. The Labute approximate surface area is 162 Å². The molecule has 3 heterocycles. The second-order valence-corrected chi connectivity index (χ2v) is 7.05. The summed E-state index contributed by atoms with van der Waals surface area (Å²) in [5.74, 6) is 0.759. The lowest BCUT2D eigenvalue weighted by Gasteiger charge is -2.25. The maximum Gasteiger partial charge on any atom is 0.274 e. The van der Waals surface area contributed by atoms with Crippen molar-refractivity contribution < 1.29 is 9.53 Å². The van der Waals surface area contributed by atoms with E-state index >= 15 is 0 Å². The van der Waals surface area contributed by atoms with Crippen LogP contribution in [0.25, 0.3) is 0 Å². The SMILES string of the molecule is NC1c2cc(NC(=O)c3ccc(Cl)cn3)ccc2Oc2ncc(Br)cc21. The number of hydrogen-bond donors (Lipinski definition) is 2. The first-order valence-corrected chi connectivity index (χ1v) is 8.84. The first kappa shape index (κ1) is 17.0. The lowest BCUT2D eigenvalue weighted by atomic mass is 9.97. The third-order valence-corrected chi connectivity index (χ3v) is 4.61. The average molecular weight is 432 g/mol. The van der Waals surface area contributed by atoms with Crippen LogP contribution in [0.5, 0.6) is 11.6 Å². The molecule has 0 bridgehead atoms. The molecule has 6 nitrogen and oxygen atoms in total. The molecule has 1 aliphatic rings. The highest BCUT2D eigenvalue weighted by molar-refractivity contribution is 9.10. The van der Waals surface area contributed by atoms with Gasteiger partial charge >= 0.3 is 0 Å². The van der Waals surface area contributed by atoms with Gasteiger partial charge < -0.3 is 15.8 Å². The summed E-state index contributed by atoms with van der Waals surface area (Å²) in [7, 11) is 0. The summed E-state index contributed by atoms with van der Waals surface area (Å²) in [6, 6.07) is 9.92. The zero-order valence-corrected chi connectivity index (χ0v) is 15.6. The normalized spacial score (nSPS) is 14.8. The average Bonchev–Trinajstić information content (AvgIpc) is 2.63. The monoisotopic (exact) mass is 430 g/mol. The topological polar surface area (TPSA) is 90.1 Å². The molecular weight excluding hydrogens is 420 g/mol. The molecule has 1 unspecified atom stereocenters. The minimum atomic E-state index is -0.413. The van der Waals surface area contributed by atoms with Crippen molar-refractivity contribution in [2.45, 2.75) is 6.04 Å². The number of ether oxygens (including phenoxy) is 1. The molecule has 0 saturated heterocycles. The Morgan fingerprint density at radius 2 is 2.00 bits per heavy atom. The first-order chi connectivity index (χ1) is 12.5. The van der Waals surface area contributed by atoms with E-state index in [1.165, 1.54) is 6.20 Å². The van der Waals surface area contributed by atoms with E-state index in [0.717, 1.165) is 15.6 Å². The maximum atomic E-state index is 12.3. The van der Waals surface area contributed by atoms with Crippen molar-refractivity contribution in [1.29, 1.82) is 0 Å². The van der Waals surface area contributed by atoms with E-state index in [-0.39, 0.29) is 11.6 Å². The van der Waals surface area contributed by atoms with Gasteiger partial charge in [-0.25, -0.2) is 9.97 Å². The Kier molecular flexibility index (Phi) is 4.36. The van der Waals surface area contributed by atoms with E-state index in [1.54, 1.807) is 36.5 Å². The number of halogens is 2. The fourth-order valence-corrected chi connectivity index (χ4v) is 3.15. The van der Waals surface area contributed by atoms with Gasteiger partial charge in [0.05, 0.1) is 11.1 Å². The van der Waals surface area contributed by atoms with E-state index in [1.807, 2.05) is 6.07 Å². The molecule has 0 aliphatic carbocycles. The summed E-state index contributed by atoms with van der Waals surface area (Å²) in [6.07, 6.45) is 3.08. The number of fused-ring (bicyclic) bond motifs is 2. The van der Waals surface area contributed by atoms with Crippen LogP contribution in [0.3, 0.4) is 0 Å². The lowest BCUT2D eigenvalue weighted by Crippen LogP contribution is -2.19. The van der Waals surface area contributed by atoms with E-state index in [2.05, 4.69) is 31.2 Å². The summed E-state index contributed by atoms with van der Waals surface area (Å²) >= 11 is 9.18. The molecular formula is C18H12BrClN4O2. The number of rotatable bonds is 2. The number of nitrogens with two attached hydrogens (primary N) is 1. The molecule has 130 valence electrons. The summed E-state index contributed by atoms with van der Waals surface area (Å²) in [5.41, 5.74) is 8.77. The lowest BCUT2D eigenvalue weighted by molar-refractivity contribution is 0.102. The van der Waals surface area contributed by atoms with Gasteiger partial charge in [-0.15, -0.1) is 0 Å². The van der Waals surface area contributed by atoms with Gasteiger partial charge in [0.1, 0.15) is 11.4 Å². The van der Waals surface area contributed by atoms with Crippen molar-refractivity contribution in [2.75, 3.05) is 5.32 Å². The highest BCUT2D eigenvalue weighted by atomic mass is 79.9. The fourth-order valence-electron chi connectivity index (χ4n) is 2.69. The molecule has 1 aliphatic heterocycles. The molecule has 4 rings (SSSR count). The van der Waals surface area contributed by atoms with Crippen LogP contribution in [0.1, 0.15) is 27.7 Å². The third-order valence-electron chi connectivity index (χ3n) is 3.95. The Morgan fingerprint density at radius 3 is 2.77 bits per heavy atom. The van der Waals surface area contributed by atoms with Crippen molar-refractivity contribution in [3.05, 3.63) is 75.1 Å². The standard InChI is InChI=1S/C18H12BrClN4O2/c19-9-5-13-16(21)12-6-11(2-4-15(12)26-18(13)23-7-9)24-17(25)14-3-1-10(20)8-22-14/h1-8,16H,21H2,(H,24,25). The number of nitrogens with zero attached hydrogens (tertiary/aromatic N) is 2. The summed E-state index contributed by atoms with van der Waals surface area (Å²) in [5, 5.41) is 3.27. The van der Waals surface area contributed by atoms with Crippen molar-refractivity contribution in [3.8, 4) is 11.6 Å². The fraction of sp³-hybridized carbons (Fsp3) is 0.0556. The molecule has 0 saturated carbocycles. The second kappa shape index (κ2) is 6.68. The summed E-state index contributed by atoms with van der Waals surface area (Å²) in [6.45, 7) is 0.